The van der Waals surface area contributed by atoms with Crippen LogP contribution in [-0.2, 0) is 49.7 Å². The molecule has 0 radical (unpaired) electrons. The summed E-state index contributed by atoms with van der Waals surface area (Å²) >= 11 is 38.7. The molecule has 790 valence electrons. The number of morpholine rings is 1. The lowest BCUT2D eigenvalue weighted by molar-refractivity contribution is -0.184. The van der Waals surface area contributed by atoms with Gasteiger partial charge in [0.25, 0.3) is 0 Å². The molecule has 10 fully saturated rings. The molecular formula is C121H132Cl6F3N9O11. The second-order valence-electron chi connectivity index (χ2n) is 47.0. The van der Waals surface area contributed by atoms with Gasteiger partial charge in [0.05, 0.1) is 63.0 Å². The number of rotatable bonds is 14. The number of aliphatic hydroxyl groups is 4. The van der Waals surface area contributed by atoms with Gasteiger partial charge in [-0.2, -0.15) is 0 Å². The van der Waals surface area contributed by atoms with E-state index in [1.165, 1.54) is 18.2 Å². The predicted molar refractivity (Wildman–Crippen MR) is 579 cm³/mol. The molecule has 150 heavy (non-hydrogen) atoms. The molecule has 2 aromatic heterocycles. The number of anilines is 3. The maximum absolute atomic E-state index is 17.0. The molecule has 7 aliphatic carbocycles. The third-order valence-electron chi connectivity index (χ3n) is 37.1. The molecule has 0 bridgehead atoms. The first-order valence-corrected chi connectivity index (χ1v) is 55.7. The number of aliphatic hydroxyl groups excluding tert-OH is 4. The molecule has 4 amide bonds. The van der Waals surface area contributed by atoms with Crippen LogP contribution in [0.2, 0.25) is 30.4 Å². The molecule has 6 spiro atoms. The Morgan fingerprint density at radius 2 is 0.887 bits per heavy atom. The fraction of sp³-hybridized carbons (Fsp3) is 0.471. The van der Waals surface area contributed by atoms with Gasteiger partial charge in [-0.1, -0.05) is 287 Å². The van der Waals surface area contributed by atoms with Crippen LogP contribution in [0.4, 0.5) is 30.5 Å². The van der Waals surface area contributed by atoms with Crippen LogP contribution in [0, 0.1) is 50.9 Å². The van der Waals surface area contributed by atoms with Gasteiger partial charge in [-0.05, 0) is 275 Å². The third-order valence-corrected chi connectivity index (χ3v) is 38.6. The quantitative estimate of drug-likeness (QED) is 0.0361. The highest BCUT2D eigenvalue weighted by Gasteiger charge is 2.82. The lowest BCUT2D eigenvalue weighted by Crippen LogP contribution is -2.64. The number of cyclic esters (lactones) is 1. The summed E-state index contributed by atoms with van der Waals surface area (Å²) < 4.78 is 56.1. The number of ether oxygens (including phenoxy) is 1. The zero-order valence-corrected chi connectivity index (χ0v) is 89.9. The molecule has 6 aliphatic heterocycles. The molecule has 3 saturated heterocycles. The summed E-state index contributed by atoms with van der Waals surface area (Å²) in [5, 5.41) is 55.5. The summed E-state index contributed by atoms with van der Waals surface area (Å²) in [6.07, 6.45) is 15.8. The van der Waals surface area contributed by atoms with Crippen molar-refractivity contribution in [3.8, 4) is 0 Å². The lowest BCUT2D eigenvalue weighted by atomic mass is 9.51. The predicted octanol–water partition coefficient (Wildman–Crippen LogP) is 25.5. The van der Waals surface area contributed by atoms with Crippen molar-refractivity contribution in [1.29, 1.82) is 0 Å². The van der Waals surface area contributed by atoms with E-state index in [1.807, 2.05) is 133 Å². The van der Waals surface area contributed by atoms with E-state index in [0.717, 1.165) is 99.3 Å². The number of pyridine rings is 2. The number of carbonyl (C=O) groups is 6. The SMILES string of the molecule is CC1(C)CCC2(CC1)C[C@@H](C(=O)CC1CCC(O)CC1)[C@H](c1cccc(Cl)c1F)[C@]21C(=O)Nc2cc(Cl)ccc21.CC1(C)CCC2(CC1)N([C@H](c1ccccc1)[C@@H](O)c1ccccc1)[C@@H](C(=O)NC1CCC(O)CC1)[C@H](c1cccc(Cl)c1F)C21C(=O)Nc2nc(Cl)ccc21.CC1(C)CCC2(CC1)N1[C@H](c3ccccc3)[C@H](c3ccccc3)OC(=O)[C@H]1[C@H](c1cccc(Cl)c1F)[C@@]21C(=O)Nc2nc(Cl)ccc21.NC1CCC(O)CC1. The number of ketones is 1. The van der Waals surface area contributed by atoms with Gasteiger partial charge in [0.1, 0.15) is 68.2 Å². The topological polar surface area (TPSA) is 299 Å². The summed E-state index contributed by atoms with van der Waals surface area (Å²) in [5.74, 6) is -6.07. The number of hydrogen-bond acceptors (Lipinski definition) is 16. The van der Waals surface area contributed by atoms with Crippen molar-refractivity contribution in [2.45, 2.75) is 320 Å². The summed E-state index contributed by atoms with van der Waals surface area (Å²) in [5.41, 5.74) is 5.37. The van der Waals surface area contributed by atoms with Gasteiger partial charge in [0.2, 0.25) is 23.6 Å². The zero-order valence-electron chi connectivity index (χ0n) is 85.3. The Hall–Kier alpha value is -9.67. The normalized spacial score (nSPS) is 30.1. The second kappa shape index (κ2) is 42.2. The number of likely N-dealkylation sites (tertiary alicyclic amines) is 1. The number of aromatic nitrogens is 2. The van der Waals surface area contributed by atoms with Gasteiger partial charge in [0, 0.05) is 75.1 Å². The highest BCUT2D eigenvalue weighted by atomic mass is 35.5. The van der Waals surface area contributed by atoms with E-state index in [-0.39, 0.29) is 106 Å². The number of hydrogen-bond donors (Lipinski definition) is 9. The molecule has 23 rings (SSSR count). The molecule has 8 aromatic carbocycles. The molecular weight excluding hydrogens is 2030 g/mol. The van der Waals surface area contributed by atoms with Crippen LogP contribution >= 0.6 is 69.6 Å². The Morgan fingerprint density at radius 3 is 1.39 bits per heavy atom. The van der Waals surface area contributed by atoms with E-state index in [2.05, 4.69) is 82.6 Å². The number of fused-ring (bicyclic) bond motifs is 11. The van der Waals surface area contributed by atoms with Crippen LogP contribution in [0.15, 0.2) is 218 Å². The monoisotopic (exact) mass is 2150 g/mol. The smallest absolute Gasteiger partial charge is 0.324 e. The molecule has 13 aliphatic rings. The summed E-state index contributed by atoms with van der Waals surface area (Å²) in [4.78, 5) is 103. The Balaban J connectivity index is 0.000000132. The molecule has 10 N–H and O–H groups in total. The van der Waals surface area contributed by atoms with Gasteiger partial charge in [-0.3, -0.25) is 38.6 Å². The standard InChI is InChI=1S/C44H47Cl2FN4O4.C38H34Cl2FN3O3.C33H38Cl2FNO3.C6H13NO/c1-42(2)22-24-43(25-23-42)44(31-20-21-33(46)49-39(31)50-41(44)55)34(30-14-9-15-32(45)35(30)47)37(40(54)48-28-16-18-29(52)19-17-28)51(43)36(26-10-5-3-6-11-26)38(53)27-12-7-4-8-13-27;1-36(2)18-20-37(21-19-36)38(25-16-17-27(40)42-33(25)43-35(38)46)28(24-14-9-15-26(39)29(24)41)31-34(45)47-32(23-12-7-4-8-13-23)30(44(31)37)22-10-5-3-6-11-22;1-31(2)12-14-32(15-13-31)18-23(27(39)16-19-6-9-21(38)10-7-19)28(22-4-3-5-25(35)29(22)36)33(32)24-11-8-20(34)17-26(24)37-30(33)40;7-5-1-3-6(8)4-2-5/h3-15,20-21,28-29,34,36-38,52-53H,16-19,22-25H2,1-2H3,(H,48,54)(H,49,50,55);3-17,28,30-32H,18-21H2,1-2H3,(H,42,43,46);3-5,8,11,17,19,21,23,28,38H,6-7,9-10,12-16,18H2,1-2H3,(H,37,40);5-6,8H,1-4,7H2/t28?,29?,34-,36+,37+,38-,44?;28-,30+,31+,32-,38-;19?,21?,23-,28-,33+;/m000./s1. The Morgan fingerprint density at radius 1 is 0.460 bits per heavy atom. The number of Topliss-reactive ketones (excluding diaryl/α,β-unsaturated/α-hetero) is 1. The van der Waals surface area contributed by atoms with Crippen molar-refractivity contribution in [2.75, 3.05) is 16.0 Å². The number of amides is 4. The second-order valence-corrected chi connectivity index (χ2v) is 49.4. The number of nitrogens with one attached hydrogen (secondary N) is 4. The van der Waals surface area contributed by atoms with E-state index < -0.39 is 128 Å². The first kappa shape index (κ1) is 107. The molecule has 10 aromatic rings. The van der Waals surface area contributed by atoms with Gasteiger partial charge >= 0.3 is 5.97 Å². The lowest BCUT2D eigenvalue weighted by Gasteiger charge is -2.57. The summed E-state index contributed by atoms with van der Waals surface area (Å²) in [7, 11) is 0. The number of nitrogens with two attached hydrogens (primary N) is 1. The zero-order chi connectivity index (χ0) is 106. The fourth-order valence-corrected chi connectivity index (χ4v) is 30.6. The minimum Gasteiger partial charge on any atom is -0.454 e. The summed E-state index contributed by atoms with van der Waals surface area (Å²) in [6.45, 7) is 13.4. The van der Waals surface area contributed by atoms with Crippen molar-refractivity contribution < 1.29 is 67.1 Å². The van der Waals surface area contributed by atoms with Crippen molar-refractivity contribution >= 4 is 122 Å². The molecule has 20 nitrogen and oxygen atoms in total. The van der Waals surface area contributed by atoms with E-state index in [4.69, 9.17) is 85.2 Å². The van der Waals surface area contributed by atoms with E-state index >= 15 is 27.6 Å². The first-order chi connectivity index (χ1) is 71.7. The third kappa shape index (κ3) is 18.7. The molecule has 8 heterocycles. The first-order valence-electron chi connectivity index (χ1n) is 53.4. The Labute approximate surface area is 905 Å². The van der Waals surface area contributed by atoms with Crippen LogP contribution in [-0.4, -0.2) is 129 Å². The van der Waals surface area contributed by atoms with Crippen LogP contribution in [0.5, 0.6) is 0 Å². The maximum atomic E-state index is 17.0. The van der Waals surface area contributed by atoms with Gasteiger partial charge in [-0.15, -0.1) is 0 Å². The van der Waals surface area contributed by atoms with E-state index in [1.54, 1.807) is 66.7 Å². The molecule has 13 atom stereocenters. The summed E-state index contributed by atoms with van der Waals surface area (Å²) in [6, 6.07) is 62.2. The largest absolute Gasteiger partial charge is 0.454 e. The molecule has 7 saturated carbocycles. The highest BCUT2D eigenvalue weighted by molar-refractivity contribution is 6.32. The Bertz CT molecular complexity index is 6720. The number of benzene rings is 8. The average Bonchev–Trinajstić information content (AvgIpc) is 1.48. The van der Waals surface area contributed by atoms with Crippen LogP contribution in [0.1, 0.15) is 306 Å². The van der Waals surface area contributed by atoms with Crippen molar-refractivity contribution in [1.82, 2.24) is 25.1 Å². The van der Waals surface area contributed by atoms with Crippen molar-refractivity contribution in [3.05, 3.63) is 322 Å². The number of nitrogens with zero attached hydrogens (tertiary/aromatic N) is 4. The van der Waals surface area contributed by atoms with Gasteiger partial charge in [0.15, 0.2) is 0 Å². The number of esters is 1. The molecule has 29 heteroatoms. The fourth-order valence-electron chi connectivity index (χ4n) is 29.6. The number of halogens is 9. The maximum Gasteiger partial charge on any atom is 0.324 e. The van der Waals surface area contributed by atoms with E-state index in [0.29, 0.717) is 135 Å². The number of carbonyl (C=O) groups excluding carboxylic acids is 6. The van der Waals surface area contributed by atoms with E-state index in [9.17, 15) is 29.7 Å². The van der Waals surface area contributed by atoms with Gasteiger partial charge < -0.3 is 52.2 Å². The van der Waals surface area contributed by atoms with Gasteiger partial charge in [-0.25, -0.2) is 23.1 Å². The minimum absolute atomic E-state index is 0.000536. The minimum atomic E-state index is -1.59. The Kier molecular flexibility index (Phi) is 30.2. The van der Waals surface area contributed by atoms with Crippen molar-refractivity contribution in [2.24, 2.45) is 39.2 Å². The average molecular weight is 2160 g/mol. The highest BCUT2D eigenvalue weighted by Crippen LogP contribution is 2.76. The van der Waals surface area contributed by atoms with Crippen LogP contribution < -0.4 is 27.0 Å². The van der Waals surface area contributed by atoms with Crippen LogP contribution in [0.3, 0.4) is 0 Å². The van der Waals surface area contributed by atoms with Crippen LogP contribution in [0.25, 0.3) is 0 Å². The molecule has 1 unspecified atom stereocenters. The van der Waals surface area contributed by atoms with Crippen molar-refractivity contribution in [3.63, 3.8) is 0 Å².